The molecule has 0 bridgehead atoms. The van der Waals surface area contributed by atoms with Crippen LogP contribution in [0, 0.1) is 0 Å². The van der Waals surface area contributed by atoms with Crippen LogP contribution in [0.25, 0.3) is 72.5 Å². The van der Waals surface area contributed by atoms with Gasteiger partial charge in [-0.3, -0.25) is 0 Å². The molecule has 0 saturated carbocycles. The van der Waals surface area contributed by atoms with Gasteiger partial charge >= 0.3 is 0 Å². The molecule has 49 heavy (non-hydrogen) atoms. The second-order valence-corrected chi connectivity index (χ2v) is 17.7. The van der Waals surface area contributed by atoms with E-state index in [-0.39, 0.29) is 5.41 Å². The Labute approximate surface area is 288 Å². The number of aromatic nitrogens is 3. The number of benzene rings is 6. The van der Waals surface area contributed by atoms with Crippen LogP contribution in [-0.4, -0.2) is 27.0 Å². The van der Waals surface area contributed by atoms with E-state index in [2.05, 4.69) is 170 Å². The molecule has 2 aromatic heterocycles. The van der Waals surface area contributed by atoms with E-state index in [0.717, 1.165) is 34.0 Å². The maximum Gasteiger partial charge on any atom is 0.162 e. The molecular weight excluding hydrogens is 615 g/mol. The molecule has 0 N–H and O–H groups in total. The fraction of sp³-hybridized carbons (Fsp3) is 0.111. The second kappa shape index (κ2) is 10.0. The van der Waals surface area contributed by atoms with Gasteiger partial charge in [0.1, 0.15) is 0 Å². The van der Waals surface area contributed by atoms with Gasteiger partial charge in [0.2, 0.25) is 0 Å². The van der Waals surface area contributed by atoms with Crippen LogP contribution in [0.5, 0.6) is 0 Å². The molecule has 1 aliphatic carbocycles. The van der Waals surface area contributed by atoms with Crippen LogP contribution in [0.15, 0.2) is 149 Å². The van der Waals surface area contributed by atoms with Crippen molar-refractivity contribution >= 4 is 31.8 Å². The highest BCUT2D eigenvalue weighted by Gasteiger charge is 2.39. The van der Waals surface area contributed by atoms with Crippen LogP contribution >= 0.6 is 10.0 Å². The first-order chi connectivity index (χ1) is 23.9. The summed E-state index contributed by atoms with van der Waals surface area (Å²) in [5, 5.41) is 2.59. The molecule has 0 radical (unpaired) electrons. The second-order valence-electron chi connectivity index (χ2n) is 14.2. The molecule has 10 rings (SSSR count). The summed E-state index contributed by atoms with van der Waals surface area (Å²) in [5.74, 6) is 0.750. The topological polar surface area (TPSA) is 30.7 Å². The van der Waals surface area contributed by atoms with Gasteiger partial charge in [-0.1, -0.05) is 123 Å². The zero-order valence-electron chi connectivity index (χ0n) is 28.0. The van der Waals surface area contributed by atoms with Gasteiger partial charge in [-0.15, -0.1) is 0 Å². The molecule has 2 aliphatic rings. The van der Waals surface area contributed by atoms with E-state index in [4.69, 9.17) is 9.97 Å². The van der Waals surface area contributed by atoms with Crippen molar-refractivity contribution in [3.05, 3.63) is 151 Å². The van der Waals surface area contributed by atoms with Crippen molar-refractivity contribution in [2.24, 2.45) is 0 Å². The van der Waals surface area contributed by atoms with Crippen molar-refractivity contribution in [3.63, 3.8) is 0 Å². The smallest absolute Gasteiger partial charge is 0.162 e. The summed E-state index contributed by atoms with van der Waals surface area (Å²) >= 11 is 0. The Morgan fingerprint density at radius 1 is 0.551 bits per heavy atom. The molecule has 0 fully saturated rings. The van der Waals surface area contributed by atoms with Crippen LogP contribution in [0.3, 0.4) is 0 Å². The van der Waals surface area contributed by atoms with Crippen LogP contribution in [-0.2, 0) is 5.41 Å². The highest BCUT2D eigenvalue weighted by atomic mass is 32.3. The van der Waals surface area contributed by atoms with Gasteiger partial charge in [-0.05, 0) is 65.1 Å². The summed E-state index contributed by atoms with van der Waals surface area (Å²) < 4.78 is 2.45. The number of hydrogen-bond acceptors (Lipinski definition) is 2. The van der Waals surface area contributed by atoms with E-state index >= 15 is 0 Å². The summed E-state index contributed by atoms with van der Waals surface area (Å²) in [7, 11) is -1.32. The van der Waals surface area contributed by atoms with Crippen molar-refractivity contribution in [3.8, 4) is 50.7 Å². The first kappa shape index (κ1) is 28.6. The van der Waals surface area contributed by atoms with E-state index in [1.54, 1.807) is 0 Å². The molecule has 0 atom stereocenters. The summed E-state index contributed by atoms with van der Waals surface area (Å²) in [6.45, 7) is 4.75. The van der Waals surface area contributed by atoms with E-state index in [1.807, 2.05) is 0 Å². The third-order valence-corrected chi connectivity index (χ3v) is 13.7. The van der Waals surface area contributed by atoms with Crippen molar-refractivity contribution in [2.75, 3.05) is 12.5 Å². The number of fused-ring (bicyclic) bond motifs is 10. The molecule has 3 nitrogen and oxygen atoms in total. The average molecular weight is 650 g/mol. The fourth-order valence-corrected chi connectivity index (χ4v) is 11.3. The monoisotopic (exact) mass is 649 g/mol. The van der Waals surface area contributed by atoms with Crippen molar-refractivity contribution in [1.82, 2.24) is 14.5 Å². The van der Waals surface area contributed by atoms with Gasteiger partial charge in [-0.2, -0.15) is 10.0 Å². The van der Waals surface area contributed by atoms with E-state index in [1.165, 1.54) is 59.4 Å². The normalized spacial score (nSPS) is 15.5. The Balaban J connectivity index is 1.28. The lowest BCUT2D eigenvalue weighted by atomic mass is 9.80. The van der Waals surface area contributed by atoms with Gasteiger partial charge in [0.15, 0.2) is 5.82 Å². The Morgan fingerprint density at radius 3 is 2.04 bits per heavy atom. The van der Waals surface area contributed by atoms with Gasteiger partial charge in [0, 0.05) is 42.7 Å². The molecular formula is C45H35N3S. The van der Waals surface area contributed by atoms with Crippen LogP contribution in [0.1, 0.15) is 25.0 Å². The maximum atomic E-state index is 5.50. The molecule has 236 valence electrons. The Bertz CT molecular complexity index is 2660. The largest absolute Gasteiger partial charge is 0.308 e. The molecule has 4 heteroatoms. The summed E-state index contributed by atoms with van der Waals surface area (Å²) in [6.07, 6.45) is 4.77. The molecule has 8 aromatic rings. The summed E-state index contributed by atoms with van der Waals surface area (Å²) in [4.78, 5) is 13.6. The first-order valence-electron chi connectivity index (χ1n) is 16.9. The quantitative estimate of drug-likeness (QED) is 0.191. The number of hydrogen-bond donors (Lipinski definition) is 0. The number of rotatable bonds is 3. The first-order valence-corrected chi connectivity index (χ1v) is 19.4. The predicted octanol–water partition coefficient (Wildman–Crippen LogP) is 11.7. The standard InChI is InChI=1S/C45H35N3S/c1-45(2)34-22-12-8-18-29(34)30-26-27-37-39(40(30)45)31-19-9-13-23-35(31)48(37)36-24-14-10-20-32(36)44-46-41(28-16-6-5-7-17-28)43-42(47-44)33-21-11-15-25-38(33)49(43,3)4/h5-27H,1-4H3. The molecule has 0 unspecified atom stereocenters. The summed E-state index contributed by atoms with van der Waals surface area (Å²) in [5.41, 5.74) is 14.3. The zero-order chi connectivity index (χ0) is 33.1. The third-order valence-electron chi connectivity index (χ3n) is 10.9. The minimum atomic E-state index is -1.32. The molecule has 0 spiro atoms. The number of nitrogens with zero attached hydrogens (tertiary/aromatic N) is 3. The zero-order valence-corrected chi connectivity index (χ0v) is 28.8. The van der Waals surface area contributed by atoms with E-state index in [9.17, 15) is 0 Å². The average Bonchev–Trinajstić information content (AvgIpc) is 3.68. The van der Waals surface area contributed by atoms with E-state index < -0.39 is 10.0 Å². The Kier molecular flexibility index (Phi) is 5.85. The molecule has 0 amide bonds. The molecule has 1 aliphatic heterocycles. The lowest BCUT2D eigenvalue weighted by molar-refractivity contribution is 0.666. The van der Waals surface area contributed by atoms with Crippen LogP contribution < -0.4 is 0 Å². The van der Waals surface area contributed by atoms with Crippen LogP contribution in [0.2, 0.25) is 0 Å². The lowest BCUT2D eigenvalue weighted by Crippen LogP contribution is -2.15. The minimum absolute atomic E-state index is 0.129. The van der Waals surface area contributed by atoms with Gasteiger partial charge < -0.3 is 4.57 Å². The Morgan fingerprint density at radius 2 is 1.20 bits per heavy atom. The lowest BCUT2D eigenvalue weighted by Gasteiger charge is -2.29. The Hall–Kier alpha value is -5.45. The van der Waals surface area contributed by atoms with Crippen LogP contribution in [0.4, 0.5) is 0 Å². The summed E-state index contributed by atoms with van der Waals surface area (Å²) in [6, 6.07) is 50.6. The van der Waals surface area contributed by atoms with Gasteiger partial charge in [-0.25, -0.2) is 9.97 Å². The SMILES string of the molecule is CC1(C)c2ccccc2-c2ccc3c(c21)c1ccccc1n3-c1ccccc1-c1nc(-c2ccccc2)c2c(n1)-c1ccccc1S2(C)C. The highest BCUT2D eigenvalue weighted by Crippen LogP contribution is 2.68. The minimum Gasteiger partial charge on any atom is -0.308 e. The molecule has 0 saturated heterocycles. The molecule has 6 aromatic carbocycles. The fourth-order valence-electron chi connectivity index (χ4n) is 8.69. The van der Waals surface area contributed by atoms with Crippen molar-refractivity contribution < 1.29 is 0 Å². The van der Waals surface area contributed by atoms with Gasteiger partial charge in [0.05, 0.1) is 28.1 Å². The molecule has 3 heterocycles. The number of para-hydroxylation sites is 2. The van der Waals surface area contributed by atoms with Crippen molar-refractivity contribution in [1.29, 1.82) is 0 Å². The maximum absolute atomic E-state index is 5.50. The highest BCUT2D eigenvalue weighted by molar-refractivity contribution is 8.33. The van der Waals surface area contributed by atoms with Gasteiger partial charge in [0.25, 0.3) is 0 Å². The van der Waals surface area contributed by atoms with Crippen molar-refractivity contribution in [2.45, 2.75) is 29.1 Å². The van der Waals surface area contributed by atoms with E-state index in [0.29, 0.717) is 0 Å². The predicted molar refractivity (Wildman–Crippen MR) is 206 cm³/mol. The third kappa shape index (κ3) is 3.81.